The first-order valence-corrected chi connectivity index (χ1v) is 10.3. The Hall–Kier alpha value is -2.69. The zero-order valence-electron chi connectivity index (χ0n) is 19.0. The second-order valence-corrected chi connectivity index (χ2v) is 7.35. The lowest BCUT2D eigenvalue weighted by atomic mass is 10.1. The van der Waals surface area contributed by atoms with Crippen LogP contribution >= 0.6 is 24.0 Å². The Bertz CT molecular complexity index is 898. The molecule has 3 rings (SSSR count). The number of anilines is 1. The number of nitrogens with one attached hydrogen (secondary N) is 3. The number of carbonyl (C=O) groups excluding carboxylic acids is 1. The third-order valence-corrected chi connectivity index (χ3v) is 5.36. The zero-order chi connectivity index (χ0) is 22.2. The fourth-order valence-corrected chi connectivity index (χ4v) is 3.58. The van der Waals surface area contributed by atoms with Crippen molar-refractivity contribution in [2.45, 2.75) is 19.0 Å². The molecule has 1 aliphatic heterocycles. The van der Waals surface area contributed by atoms with Crippen LogP contribution in [0.15, 0.2) is 47.5 Å². The van der Waals surface area contributed by atoms with E-state index in [1.807, 2.05) is 42.5 Å². The first kappa shape index (κ1) is 25.6. The molecule has 2 aromatic carbocycles. The maximum Gasteiger partial charge on any atom is 0.251 e. The molecule has 1 fully saturated rings. The minimum absolute atomic E-state index is 0. The van der Waals surface area contributed by atoms with Gasteiger partial charge in [0.1, 0.15) is 11.5 Å². The van der Waals surface area contributed by atoms with Crippen molar-refractivity contribution < 1.29 is 14.3 Å². The summed E-state index contributed by atoms with van der Waals surface area (Å²) in [5, 5.41) is 9.48. The van der Waals surface area contributed by atoms with E-state index in [9.17, 15) is 4.79 Å². The Morgan fingerprint density at radius 2 is 1.78 bits per heavy atom. The average molecular weight is 553 g/mol. The van der Waals surface area contributed by atoms with Gasteiger partial charge in [-0.2, -0.15) is 0 Å². The Labute approximate surface area is 206 Å². The Kier molecular flexibility index (Phi) is 9.89. The Morgan fingerprint density at radius 1 is 1.12 bits per heavy atom. The number of benzene rings is 2. The lowest BCUT2D eigenvalue weighted by Gasteiger charge is -2.21. The second kappa shape index (κ2) is 12.4. The molecule has 8 nitrogen and oxygen atoms in total. The molecule has 1 unspecified atom stereocenters. The molecule has 1 amide bonds. The van der Waals surface area contributed by atoms with Crippen molar-refractivity contribution in [3.05, 3.63) is 53.6 Å². The summed E-state index contributed by atoms with van der Waals surface area (Å²) >= 11 is 0. The molecule has 2 aromatic rings. The number of ether oxygens (including phenoxy) is 2. The van der Waals surface area contributed by atoms with E-state index in [1.165, 1.54) is 0 Å². The predicted octanol–water partition coefficient (Wildman–Crippen LogP) is 2.63. The van der Waals surface area contributed by atoms with Crippen LogP contribution in [0.1, 0.15) is 22.3 Å². The number of amides is 1. The maximum absolute atomic E-state index is 11.7. The molecule has 1 heterocycles. The highest BCUT2D eigenvalue weighted by Gasteiger charge is 2.24. The fourth-order valence-electron chi connectivity index (χ4n) is 3.58. The zero-order valence-corrected chi connectivity index (χ0v) is 21.3. The van der Waals surface area contributed by atoms with Gasteiger partial charge in [-0.05, 0) is 24.1 Å². The van der Waals surface area contributed by atoms with Gasteiger partial charge in [0.2, 0.25) is 0 Å². The van der Waals surface area contributed by atoms with Crippen molar-refractivity contribution in [1.29, 1.82) is 0 Å². The predicted molar refractivity (Wildman–Crippen MR) is 139 cm³/mol. The van der Waals surface area contributed by atoms with E-state index in [2.05, 4.69) is 25.8 Å². The summed E-state index contributed by atoms with van der Waals surface area (Å²) < 4.78 is 10.8. The van der Waals surface area contributed by atoms with Gasteiger partial charge < -0.3 is 30.3 Å². The van der Waals surface area contributed by atoms with Crippen molar-refractivity contribution in [1.82, 2.24) is 16.0 Å². The molecule has 1 saturated heterocycles. The van der Waals surface area contributed by atoms with E-state index < -0.39 is 0 Å². The Balaban J connectivity index is 0.00000363. The molecule has 0 bridgehead atoms. The molecular formula is C23H32IN5O3. The first-order valence-electron chi connectivity index (χ1n) is 10.3. The van der Waals surface area contributed by atoms with Gasteiger partial charge in [0.25, 0.3) is 5.91 Å². The molecule has 0 saturated carbocycles. The SMILES string of the molecule is CN=C(NCc1ccc(C(=O)NC)cc1)NC1CCN(c2cc(OC)cc(OC)c2)C1.I. The highest BCUT2D eigenvalue weighted by molar-refractivity contribution is 14.0. The molecule has 1 aliphatic rings. The first-order chi connectivity index (χ1) is 15.1. The largest absolute Gasteiger partial charge is 0.497 e. The topological polar surface area (TPSA) is 87.2 Å². The monoisotopic (exact) mass is 553 g/mol. The standard InChI is InChI=1S/C23H31N5O3.HI/c1-24-22(29)17-7-5-16(6-8-17)14-26-23(25-2)27-18-9-10-28(15-18)19-11-20(30-3)13-21(12-19)31-4;/h5-8,11-13,18H,9-10,14-15H2,1-4H3,(H,24,29)(H2,25,26,27);1H. The summed E-state index contributed by atoms with van der Waals surface area (Å²) in [4.78, 5) is 18.3. The van der Waals surface area contributed by atoms with E-state index in [0.29, 0.717) is 12.1 Å². The minimum atomic E-state index is -0.0866. The van der Waals surface area contributed by atoms with Crippen LogP contribution in [0, 0.1) is 0 Å². The molecule has 174 valence electrons. The van der Waals surface area contributed by atoms with E-state index in [1.54, 1.807) is 28.3 Å². The Morgan fingerprint density at radius 3 is 2.34 bits per heavy atom. The number of methoxy groups -OCH3 is 2. The van der Waals surface area contributed by atoms with Gasteiger partial charge in [0.05, 0.1) is 14.2 Å². The van der Waals surface area contributed by atoms with E-state index >= 15 is 0 Å². The van der Waals surface area contributed by atoms with E-state index in [0.717, 1.165) is 48.2 Å². The normalized spacial score (nSPS) is 15.6. The van der Waals surface area contributed by atoms with Crippen LogP contribution in [0.4, 0.5) is 5.69 Å². The molecule has 3 N–H and O–H groups in total. The van der Waals surface area contributed by atoms with Gasteiger partial charge in [-0.25, -0.2) is 0 Å². The van der Waals surface area contributed by atoms with Crippen molar-refractivity contribution >= 4 is 41.5 Å². The summed E-state index contributed by atoms with van der Waals surface area (Å²) in [5.41, 5.74) is 2.81. The molecule has 0 aromatic heterocycles. The van der Waals surface area contributed by atoms with Crippen LogP contribution in [0.2, 0.25) is 0 Å². The number of hydrogen-bond donors (Lipinski definition) is 3. The van der Waals surface area contributed by atoms with Crippen molar-refractivity contribution in [3.8, 4) is 11.5 Å². The molecule has 9 heteroatoms. The van der Waals surface area contributed by atoms with Gasteiger partial charge in [-0.1, -0.05) is 12.1 Å². The smallest absolute Gasteiger partial charge is 0.251 e. The second-order valence-electron chi connectivity index (χ2n) is 7.35. The van der Waals surface area contributed by atoms with Crippen LogP contribution in [0.3, 0.4) is 0 Å². The minimum Gasteiger partial charge on any atom is -0.497 e. The number of rotatable bonds is 7. The number of nitrogens with zero attached hydrogens (tertiary/aromatic N) is 2. The lowest BCUT2D eigenvalue weighted by molar-refractivity contribution is 0.0963. The fraction of sp³-hybridized carbons (Fsp3) is 0.391. The van der Waals surface area contributed by atoms with Gasteiger partial charge in [0.15, 0.2) is 5.96 Å². The van der Waals surface area contributed by atoms with Crippen LogP contribution in [0.25, 0.3) is 0 Å². The molecule has 0 radical (unpaired) electrons. The van der Waals surface area contributed by atoms with Crippen molar-refractivity contribution in [3.63, 3.8) is 0 Å². The quantitative estimate of drug-likeness (QED) is 0.278. The van der Waals surface area contributed by atoms with Gasteiger partial charge >= 0.3 is 0 Å². The lowest BCUT2D eigenvalue weighted by Crippen LogP contribution is -2.44. The number of carbonyl (C=O) groups is 1. The summed E-state index contributed by atoms with van der Waals surface area (Å²) in [5.74, 6) is 2.23. The van der Waals surface area contributed by atoms with Crippen molar-refractivity contribution in [2.24, 2.45) is 4.99 Å². The molecule has 32 heavy (non-hydrogen) atoms. The van der Waals surface area contributed by atoms with Gasteiger partial charge in [-0.15, -0.1) is 24.0 Å². The number of guanidine groups is 1. The highest BCUT2D eigenvalue weighted by atomic mass is 127. The van der Waals surface area contributed by atoms with E-state index in [4.69, 9.17) is 9.47 Å². The highest BCUT2D eigenvalue weighted by Crippen LogP contribution is 2.30. The van der Waals surface area contributed by atoms with Crippen LogP contribution < -0.4 is 30.3 Å². The van der Waals surface area contributed by atoms with Gasteiger partial charge in [-0.3, -0.25) is 9.79 Å². The third-order valence-electron chi connectivity index (χ3n) is 5.36. The number of halogens is 1. The number of aliphatic imine (C=N–C) groups is 1. The molecular weight excluding hydrogens is 521 g/mol. The summed E-state index contributed by atoms with van der Waals surface area (Å²) in [6.45, 7) is 2.42. The molecule has 0 spiro atoms. The van der Waals surface area contributed by atoms with Crippen molar-refractivity contribution in [2.75, 3.05) is 46.3 Å². The van der Waals surface area contributed by atoms with Gasteiger partial charge in [0, 0.05) is 69.2 Å². The summed E-state index contributed by atoms with van der Waals surface area (Å²) in [6, 6.07) is 13.7. The van der Waals surface area contributed by atoms with Crippen LogP contribution in [0.5, 0.6) is 11.5 Å². The van der Waals surface area contributed by atoms with E-state index in [-0.39, 0.29) is 35.9 Å². The average Bonchev–Trinajstić information content (AvgIpc) is 3.29. The summed E-state index contributed by atoms with van der Waals surface area (Å²) in [6.07, 6.45) is 1.00. The van der Waals surface area contributed by atoms with Crippen LogP contribution in [-0.2, 0) is 6.54 Å². The summed E-state index contributed by atoms with van der Waals surface area (Å²) in [7, 11) is 6.72. The molecule has 0 aliphatic carbocycles. The maximum atomic E-state index is 11.7. The number of hydrogen-bond acceptors (Lipinski definition) is 5. The molecule has 1 atom stereocenters. The van der Waals surface area contributed by atoms with Crippen LogP contribution in [-0.4, -0.2) is 59.3 Å². The third kappa shape index (κ3) is 6.65.